The zero-order chi connectivity index (χ0) is 19.1. The highest BCUT2D eigenvalue weighted by Gasteiger charge is 2.60. The predicted molar refractivity (Wildman–Crippen MR) is 104 cm³/mol. The van der Waals surface area contributed by atoms with Gasteiger partial charge in [-0.05, 0) is 77.0 Å². The molecule has 5 aliphatic rings. The molecule has 0 amide bonds. The lowest BCUT2D eigenvalue weighted by Crippen LogP contribution is -2.61. The number of carbonyl (C=O) groups excluding carboxylic acids is 1. The van der Waals surface area contributed by atoms with E-state index in [2.05, 4.69) is 13.5 Å². The molecule has 0 aromatic rings. The second-order valence-electron chi connectivity index (χ2n) is 10.2. The van der Waals surface area contributed by atoms with Crippen LogP contribution in [0, 0.1) is 11.8 Å². The first-order chi connectivity index (χ1) is 12.8. The van der Waals surface area contributed by atoms with Crippen LogP contribution in [0.25, 0.3) is 0 Å². The molecule has 0 N–H and O–H groups in total. The number of hydrogen-bond donors (Lipinski definition) is 0. The zero-order valence-corrected chi connectivity index (χ0v) is 17.2. The SMILES string of the molecule is C=C(C)C(=O)OC12CC3CC(CC(OCCCCCC4(C)CCO4)(C3)C1)C2. The van der Waals surface area contributed by atoms with Gasteiger partial charge in [-0.15, -0.1) is 0 Å². The van der Waals surface area contributed by atoms with Gasteiger partial charge in [0.15, 0.2) is 0 Å². The molecule has 1 heterocycles. The fraction of sp³-hybridized carbons (Fsp3) is 0.870. The highest BCUT2D eigenvalue weighted by Crippen LogP contribution is 2.60. The normalized spacial score (nSPS) is 42.0. The van der Waals surface area contributed by atoms with E-state index < -0.39 is 0 Å². The molecular weight excluding hydrogens is 340 g/mol. The molecular formula is C23H36O4. The quantitative estimate of drug-likeness (QED) is 0.324. The number of unbranched alkanes of at least 4 members (excludes halogenated alkanes) is 2. The van der Waals surface area contributed by atoms with E-state index in [0.717, 1.165) is 51.7 Å². The second kappa shape index (κ2) is 7.18. The van der Waals surface area contributed by atoms with Gasteiger partial charge in [-0.25, -0.2) is 4.79 Å². The Balaban J connectivity index is 1.27. The van der Waals surface area contributed by atoms with Gasteiger partial charge in [0, 0.05) is 18.6 Å². The van der Waals surface area contributed by atoms with Crippen LogP contribution in [0.15, 0.2) is 12.2 Å². The van der Waals surface area contributed by atoms with Crippen molar-refractivity contribution in [3.8, 4) is 0 Å². The van der Waals surface area contributed by atoms with Gasteiger partial charge >= 0.3 is 5.97 Å². The Hall–Kier alpha value is -0.870. The van der Waals surface area contributed by atoms with Crippen LogP contribution >= 0.6 is 0 Å². The molecule has 0 spiro atoms. The summed E-state index contributed by atoms with van der Waals surface area (Å²) in [6, 6.07) is 0. The maximum Gasteiger partial charge on any atom is 0.333 e. The van der Waals surface area contributed by atoms with Gasteiger partial charge in [-0.1, -0.05) is 19.4 Å². The fourth-order valence-electron chi connectivity index (χ4n) is 6.38. The minimum absolute atomic E-state index is 0.0531. The summed E-state index contributed by atoms with van der Waals surface area (Å²) in [5, 5.41) is 0. The number of ether oxygens (including phenoxy) is 3. The van der Waals surface area contributed by atoms with Crippen molar-refractivity contribution < 1.29 is 19.0 Å². The molecule has 0 aromatic carbocycles. The summed E-state index contributed by atoms with van der Waals surface area (Å²) < 4.78 is 18.2. The van der Waals surface area contributed by atoms with Crippen LogP contribution in [0.1, 0.15) is 84.5 Å². The van der Waals surface area contributed by atoms with Crippen LogP contribution in [-0.2, 0) is 19.0 Å². The molecule has 27 heavy (non-hydrogen) atoms. The molecule has 0 radical (unpaired) electrons. The lowest BCUT2D eigenvalue weighted by atomic mass is 9.52. The average Bonchev–Trinajstić information content (AvgIpc) is 2.54. The summed E-state index contributed by atoms with van der Waals surface area (Å²) in [6.07, 6.45) is 12.4. The summed E-state index contributed by atoms with van der Waals surface area (Å²) in [5.74, 6) is 1.08. The van der Waals surface area contributed by atoms with Gasteiger partial charge in [0.2, 0.25) is 0 Å². The fourth-order valence-corrected chi connectivity index (χ4v) is 6.38. The average molecular weight is 377 g/mol. The molecule has 3 unspecified atom stereocenters. The van der Waals surface area contributed by atoms with E-state index in [4.69, 9.17) is 14.2 Å². The Bertz CT molecular complexity index is 577. The maximum absolute atomic E-state index is 12.2. The van der Waals surface area contributed by atoms with E-state index in [1.54, 1.807) is 6.92 Å². The molecule has 152 valence electrons. The van der Waals surface area contributed by atoms with Crippen LogP contribution < -0.4 is 0 Å². The molecule has 0 aromatic heterocycles. The Morgan fingerprint density at radius 2 is 1.78 bits per heavy atom. The molecule has 4 saturated carbocycles. The Labute approximate surface area is 164 Å². The van der Waals surface area contributed by atoms with Crippen LogP contribution in [0.5, 0.6) is 0 Å². The van der Waals surface area contributed by atoms with Crippen molar-refractivity contribution in [3.05, 3.63) is 12.2 Å². The van der Waals surface area contributed by atoms with Crippen molar-refractivity contribution in [1.82, 2.24) is 0 Å². The standard InChI is InChI=1S/C23H36O4/c1-17(2)20(24)27-23-14-18-11-19(15-23)13-22(12-18,16-23)26-9-6-4-5-7-21(3)8-10-25-21/h18-19H,1,4-16H2,2-3H3. The van der Waals surface area contributed by atoms with Crippen LogP contribution in [0.2, 0.25) is 0 Å². The Morgan fingerprint density at radius 3 is 2.37 bits per heavy atom. The van der Waals surface area contributed by atoms with E-state index in [9.17, 15) is 4.79 Å². The van der Waals surface area contributed by atoms with Gasteiger partial charge in [-0.3, -0.25) is 0 Å². The Kier molecular flexibility index (Phi) is 5.17. The number of hydrogen-bond acceptors (Lipinski definition) is 4. The van der Waals surface area contributed by atoms with E-state index in [1.807, 2.05) is 0 Å². The molecule has 4 bridgehead atoms. The number of rotatable bonds is 9. The zero-order valence-electron chi connectivity index (χ0n) is 17.2. The minimum atomic E-state index is -0.295. The molecule has 5 rings (SSSR count). The lowest BCUT2D eigenvalue weighted by molar-refractivity contribution is -0.232. The monoisotopic (exact) mass is 376 g/mol. The maximum atomic E-state index is 12.2. The van der Waals surface area contributed by atoms with Crippen LogP contribution in [0.3, 0.4) is 0 Å². The summed E-state index contributed by atoms with van der Waals surface area (Å²) in [7, 11) is 0. The smallest absolute Gasteiger partial charge is 0.333 e. The molecule has 3 atom stereocenters. The van der Waals surface area contributed by atoms with Gasteiger partial charge in [0.05, 0.1) is 17.8 Å². The van der Waals surface area contributed by atoms with Crippen molar-refractivity contribution in [2.75, 3.05) is 13.2 Å². The molecule has 5 fully saturated rings. The lowest BCUT2D eigenvalue weighted by Gasteiger charge is -2.60. The first kappa shape index (κ1) is 19.4. The second-order valence-corrected chi connectivity index (χ2v) is 10.2. The van der Waals surface area contributed by atoms with E-state index in [-0.39, 0.29) is 22.8 Å². The molecule has 4 aliphatic carbocycles. The van der Waals surface area contributed by atoms with Crippen molar-refractivity contribution in [3.63, 3.8) is 0 Å². The number of esters is 1. The van der Waals surface area contributed by atoms with Gasteiger partial charge in [-0.2, -0.15) is 0 Å². The molecule has 1 saturated heterocycles. The topological polar surface area (TPSA) is 44.8 Å². The third-order valence-electron chi connectivity index (χ3n) is 7.45. The van der Waals surface area contributed by atoms with Crippen LogP contribution in [0.4, 0.5) is 0 Å². The van der Waals surface area contributed by atoms with Gasteiger partial charge in [0.1, 0.15) is 5.60 Å². The highest BCUT2D eigenvalue weighted by atomic mass is 16.6. The summed E-state index contributed by atoms with van der Waals surface area (Å²) in [4.78, 5) is 12.2. The third-order valence-corrected chi connectivity index (χ3v) is 7.45. The molecule has 4 heteroatoms. The van der Waals surface area contributed by atoms with Crippen molar-refractivity contribution in [2.24, 2.45) is 11.8 Å². The van der Waals surface area contributed by atoms with E-state index in [1.165, 1.54) is 32.1 Å². The Morgan fingerprint density at radius 1 is 1.11 bits per heavy atom. The van der Waals surface area contributed by atoms with Crippen molar-refractivity contribution in [1.29, 1.82) is 0 Å². The molecule has 4 nitrogen and oxygen atoms in total. The first-order valence-corrected chi connectivity index (χ1v) is 11.0. The minimum Gasteiger partial charge on any atom is -0.456 e. The van der Waals surface area contributed by atoms with Gasteiger partial charge in [0.25, 0.3) is 0 Å². The summed E-state index contributed by atoms with van der Waals surface area (Å²) in [6.45, 7) is 9.50. The van der Waals surface area contributed by atoms with Gasteiger partial charge < -0.3 is 14.2 Å². The summed E-state index contributed by atoms with van der Waals surface area (Å²) in [5.41, 5.74) is 0.309. The van der Waals surface area contributed by atoms with Crippen molar-refractivity contribution >= 4 is 5.97 Å². The van der Waals surface area contributed by atoms with E-state index >= 15 is 0 Å². The first-order valence-electron chi connectivity index (χ1n) is 11.0. The highest BCUT2D eigenvalue weighted by molar-refractivity contribution is 5.87. The number of carbonyl (C=O) groups is 1. The predicted octanol–water partition coefficient (Wildman–Crippen LogP) is 4.95. The largest absolute Gasteiger partial charge is 0.456 e. The molecule has 1 aliphatic heterocycles. The van der Waals surface area contributed by atoms with Crippen LogP contribution in [-0.4, -0.2) is 36.0 Å². The summed E-state index contributed by atoms with van der Waals surface area (Å²) >= 11 is 0. The van der Waals surface area contributed by atoms with Crippen molar-refractivity contribution in [2.45, 2.75) is 101 Å². The van der Waals surface area contributed by atoms with E-state index in [0.29, 0.717) is 17.4 Å². The third kappa shape index (κ3) is 4.12.